The maximum Gasteiger partial charge on any atom is 0.222 e. The maximum atomic E-state index is 12.0. The fraction of sp³-hybridized carbons (Fsp3) is 0.615. The first-order valence-corrected chi connectivity index (χ1v) is 12.6. The Morgan fingerprint density at radius 1 is 1.06 bits per heavy atom. The summed E-state index contributed by atoms with van der Waals surface area (Å²) in [7, 11) is 1.70. The molecule has 0 atom stereocenters. The Balaban J connectivity index is 1.15. The van der Waals surface area contributed by atoms with Crippen molar-refractivity contribution >= 4 is 22.5 Å². The van der Waals surface area contributed by atoms with E-state index in [0.29, 0.717) is 12.5 Å². The highest BCUT2D eigenvalue weighted by molar-refractivity contribution is 5.96. The molecule has 0 spiro atoms. The third kappa shape index (κ3) is 5.03. The average molecular weight is 453 g/mol. The summed E-state index contributed by atoms with van der Waals surface area (Å²) < 4.78 is 11.4. The molecule has 0 unspecified atom stereocenters. The van der Waals surface area contributed by atoms with E-state index in [4.69, 9.17) is 9.47 Å². The number of likely N-dealkylation sites (tertiary alicyclic amines) is 2. The number of pyridine rings is 1. The molecule has 1 amide bonds. The summed E-state index contributed by atoms with van der Waals surface area (Å²) in [5.74, 6) is 2.83. The van der Waals surface area contributed by atoms with Crippen molar-refractivity contribution in [3.8, 4) is 11.5 Å². The molecule has 0 radical (unpaired) electrons. The molecule has 1 aromatic heterocycles. The van der Waals surface area contributed by atoms with Gasteiger partial charge in [0.15, 0.2) is 5.75 Å². The van der Waals surface area contributed by atoms with Crippen LogP contribution in [-0.4, -0.2) is 80.2 Å². The number of hydrogen-bond acceptors (Lipinski definition) is 6. The fourth-order valence-electron chi connectivity index (χ4n) is 5.50. The van der Waals surface area contributed by atoms with Gasteiger partial charge in [-0.1, -0.05) is 0 Å². The minimum Gasteiger partial charge on any atom is -0.497 e. The summed E-state index contributed by atoms with van der Waals surface area (Å²) in [6, 6.07) is 6.06. The Morgan fingerprint density at radius 3 is 2.76 bits per heavy atom. The highest BCUT2D eigenvalue weighted by atomic mass is 16.5. The minimum absolute atomic E-state index is 0.349. The number of carbonyl (C=O) groups is 1. The second-order valence-corrected chi connectivity index (χ2v) is 9.60. The zero-order chi connectivity index (χ0) is 22.6. The first kappa shape index (κ1) is 22.3. The summed E-state index contributed by atoms with van der Waals surface area (Å²) in [5, 5.41) is 1.11. The standard InChI is InChI=1S/C26H36N4O3/c1-32-21-5-6-23-22(18-21)26-24(19-27-23)33-17-16-30(26)13-9-20-7-11-28(12-8-20)14-15-29-10-3-2-4-25(29)31/h5-6,18-20H,2-4,7-17H2,1H3. The van der Waals surface area contributed by atoms with Crippen LogP contribution in [0.1, 0.15) is 38.5 Å². The Labute approximate surface area is 196 Å². The van der Waals surface area contributed by atoms with Gasteiger partial charge in [0.1, 0.15) is 12.4 Å². The van der Waals surface area contributed by atoms with Gasteiger partial charge in [-0.2, -0.15) is 0 Å². The molecule has 4 heterocycles. The summed E-state index contributed by atoms with van der Waals surface area (Å²) in [6.07, 6.45) is 8.52. The molecule has 2 aromatic rings. The van der Waals surface area contributed by atoms with Crippen molar-refractivity contribution in [1.82, 2.24) is 14.8 Å². The van der Waals surface area contributed by atoms with Gasteiger partial charge in [0.25, 0.3) is 0 Å². The van der Waals surface area contributed by atoms with Gasteiger partial charge in [-0.05, 0) is 69.3 Å². The van der Waals surface area contributed by atoms with Crippen LogP contribution in [0.25, 0.3) is 10.9 Å². The lowest BCUT2D eigenvalue weighted by Crippen LogP contribution is -2.43. The monoisotopic (exact) mass is 452 g/mol. The van der Waals surface area contributed by atoms with Crippen molar-refractivity contribution in [1.29, 1.82) is 0 Å². The van der Waals surface area contributed by atoms with Gasteiger partial charge in [-0.3, -0.25) is 9.78 Å². The van der Waals surface area contributed by atoms with Crippen LogP contribution in [0.3, 0.4) is 0 Å². The van der Waals surface area contributed by atoms with E-state index in [0.717, 1.165) is 99.1 Å². The molecule has 2 saturated heterocycles. The predicted octanol–water partition coefficient (Wildman–Crippen LogP) is 3.56. The normalized spacial score (nSPS) is 20.1. The SMILES string of the molecule is COc1ccc2ncc3c(c2c1)N(CCC1CCN(CCN2CCCCC2=O)CC1)CCO3. The third-order valence-corrected chi connectivity index (χ3v) is 7.57. The lowest BCUT2D eigenvalue weighted by molar-refractivity contribution is -0.133. The fourth-order valence-corrected chi connectivity index (χ4v) is 5.50. The van der Waals surface area contributed by atoms with Crippen molar-refractivity contribution in [2.75, 3.05) is 64.4 Å². The Bertz CT molecular complexity index is 968. The van der Waals surface area contributed by atoms with Crippen molar-refractivity contribution in [3.63, 3.8) is 0 Å². The summed E-state index contributed by atoms with van der Waals surface area (Å²) in [6.45, 7) is 7.83. The first-order chi connectivity index (χ1) is 16.2. The first-order valence-electron chi connectivity index (χ1n) is 12.6. The summed E-state index contributed by atoms with van der Waals surface area (Å²) >= 11 is 0. The van der Waals surface area contributed by atoms with Crippen LogP contribution >= 0.6 is 0 Å². The van der Waals surface area contributed by atoms with Gasteiger partial charge in [0.05, 0.1) is 31.1 Å². The maximum absolute atomic E-state index is 12.0. The van der Waals surface area contributed by atoms with Gasteiger partial charge in [0, 0.05) is 38.0 Å². The molecule has 7 nitrogen and oxygen atoms in total. The van der Waals surface area contributed by atoms with Gasteiger partial charge in [-0.15, -0.1) is 0 Å². The smallest absolute Gasteiger partial charge is 0.222 e. The molecule has 3 aliphatic heterocycles. The van der Waals surface area contributed by atoms with Crippen LogP contribution in [0.4, 0.5) is 5.69 Å². The van der Waals surface area contributed by atoms with Crippen LogP contribution in [0.2, 0.25) is 0 Å². The predicted molar refractivity (Wildman–Crippen MR) is 130 cm³/mol. The molecule has 3 aliphatic rings. The molecular formula is C26H36N4O3. The molecule has 0 N–H and O–H groups in total. The highest BCUT2D eigenvalue weighted by Crippen LogP contribution is 2.39. The van der Waals surface area contributed by atoms with Crippen molar-refractivity contribution < 1.29 is 14.3 Å². The quantitative estimate of drug-likeness (QED) is 0.640. The zero-order valence-electron chi connectivity index (χ0n) is 19.8. The second kappa shape index (κ2) is 10.2. The van der Waals surface area contributed by atoms with E-state index in [-0.39, 0.29) is 0 Å². The van der Waals surface area contributed by atoms with E-state index in [1.807, 2.05) is 18.3 Å². The average Bonchev–Trinajstić information content (AvgIpc) is 2.87. The molecule has 7 heteroatoms. The Hall–Kier alpha value is -2.54. The third-order valence-electron chi connectivity index (χ3n) is 7.57. The molecule has 5 rings (SSSR count). The van der Waals surface area contributed by atoms with Gasteiger partial charge in [-0.25, -0.2) is 0 Å². The molecule has 2 fully saturated rings. The number of aromatic nitrogens is 1. The number of nitrogens with zero attached hydrogens (tertiary/aromatic N) is 4. The molecule has 178 valence electrons. The van der Waals surface area contributed by atoms with Crippen molar-refractivity contribution in [2.24, 2.45) is 5.92 Å². The number of piperidine rings is 2. The number of benzene rings is 1. The van der Waals surface area contributed by atoms with Gasteiger partial charge < -0.3 is 24.2 Å². The van der Waals surface area contributed by atoms with E-state index in [1.54, 1.807) is 7.11 Å². The molecular weight excluding hydrogens is 416 g/mol. The number of anilines is 1. The number of fused-ring (bicyclic) bond motifs is 3. The number of rotatable bonds is 7. The van der Waals surface area contributed by atoms with Crippen LogP contribution < -0.4 is 14.4 Å². The van der Waals surface area contributed by atoms with Crippen LogP contribution in [0.15, 0.2) is 24.4 Å². The Morgan fingerprint density at radius 2 is 1.94 bits per heavy atom. The number of ether oxygens (including phenoxy) is 2. The largest absolute Gasteiger partial charge is 0.497 e. The molecule has 0 saturated carbocycles. The van der Waals surface area contributed by atoms with Crippen LogP contribution in [0.5, 0.6) is 11.5 Å². The topological polar surface area (TPSA) is 58.1 Å². The molecule has 0 aliphatic carbocycles. The van der Waals surface area contributed by atoms with Crippen LogP contribution in [-0.2, 0) is 4.79 Å². The number of hydrogen-bond donors (Lipinski definition) is 0. The van der Waals surface area contributed by atoms with E-state index >= 15 is 0 Å². The summed E-state index contributed by atoms with van der Waals surface area (Å²) in [5.41, 5.74) is 2.14. The van der Waals surface area contributed by atoms with Crippen molar-refractivity contribution in [3.05, 3.63) is 24.4 Å². The van der Waals surface area contributed by atoms with Crippen LogP contribution in [0, 0.1) is 5.92 Å². The number of methoxy groups -OCH3 is 1. The molecule has 0 bridgehead atoms. The van der Waals surface area contributed by atoms with E-state index in [1.165, 1.54) is 19.3 Å². The minimum atomic E-state index is 0.349. The number of amides is 1. The van der Waals surface area contributed by atoms with Gasteiger partial charge in [0.2, 0.25) is 5.91 Å². The van der Waals surface area contributed by atoms with E-state index in [2.05, 4.69) is 25.8 Å². The second-order valence-electron chi connectivity index (χ2n) is 9.60. The van der Waals surface area contributed by atoms with Gasteiger partial charge >= 0.3 is 0 Å². The zero-order valence-corrected chi connectivity index (χ0v) is 19.8. The Kier molecular flexibility index (Phi) is 6.85. The van der Waals surface area contributed by atoms with E-state index in [9.17, 15) is 4.79 Å². The molecule has 33 heavy (non-hydrogen) atoms. The van der Waals surface area contributed by atoms with Crippen molar-refractivity contribution in [2.45, 2.75) is 38.5 Å². The summed E-state index contributed by atoms with van der Waals surface area (Å²) in [4.78, 5) is 23.7. The lowest BCUT2D eigenvalue weighted by atomic mass is 9.93. The molecule has 1 aromatic carbocycles. The number of carbonyl (C=O) groups excluding carboxylic acids is 1. The highest BCUT2D eigenvalue weighted by Gasteiger charge is 2.25. The lowest BCUT2D eigenvalue weighted by Gasteiger charge is -2.36. The van der Waals surface area contributed by atoms with E-state index < -0.39 is 0 Å².